The first kappa shape index (κ1) is 14.7. The summed E-state index contributed by atoms with van der Waals surface area (Å²) in [6, 6.07) is 3.49. The third-order valence-electron chi connectivity index (χ3n) is 3.57. The van der Waals surface area contributed by atoms with E-state index in [9.17, 15) is 9.90 Å². The number of aromatic hydroxyl groups is 1. The number of aromatic nitrogens is 2. The van der Waals surface area contributed by atoms with Crippen molar-refractivity contribution in [3.8, 4) is 5.75 Å². The number of fused-ring (bicyclic) bond motifs is 1. The molecule has 0 aliphatic carbocycles. The van der Waals surface area contributed by atoms with Gasteiger partial charge in [-0.05, 0) is 44.0 Å². The van der Waals surface area contributed by atoms with Crippen molar-refractivity contribution in [2.45, 2.75) is 33.1 Å². The topological polar surface area (TPSA) is 72.1 Å². The average molecular weight is 277 g/mol. The Morgan fingerprint density at radius 3 is 2.45 bits per heavy atom. The predicted octanol–water partition coefficient (Wildman–Crippen LogP) is 2.23. The van der Waals surface area contributed by atoms with E-state index in [4.69, 9.17) is 0 Å². The van der Waals surface area contributed by atoms with E-state index in [1.807, 2.05) is 6.07 Å². The van der Waals surface area contributed by atoms with E-state index in [0.717, 1.165) is 44.5 Å². The van der Waals surface area contributed by atoms with Gasteiger partial charge in [-0.2, -0.15) is 0 Å². The van der Waals surface area contributed by atoms with Gasteiger partial charge in [0, 0.05) is 6.54 Å². The molecule has 5 heteroatoms. The van der Waals surface area contributed by atoms with Crippen LogP contribution in [0.5, 0.6) is 5.75 Å². The van der Waals surface area contributed by atoms with Gasteiger partial charge in [0.15, 0.2) is 0 Å². The minimum atomic E-state index is -0.163. The summed E-state index contributed by atoms with van der Waals surface area (Å²) in [6.45, 7) is 7.46. The fraction of sp³-hybridized carbons (Fsp3) is 0.533. The molecule has 0 unspecified atom stereocenters. The Balaban J connectivity index is 2.19. The van der Waals surface area contributed by atoms with Crippen LogP contribution >= 0.6 is 0 Å². The lowest BCUT2D eigenvalue weighted by Gasteiger charge is -2.20. The van der Waals surface area contributed by atoms with Crippen LogP contribution in [0.25, 0.3) is 10.9 Å². The van der Waals surface area contributed by atoms with Crippen LogP contribution in [0.15, 0.2) is 16.9 Å². The van der Waals surface area contributed by atoms with Crippen LogP contribution in [0.2, 0.25) is 0 Å². The van der Waals surface area contributed by atoms with Gasteiger partial charge in [0.05, 0.1) is 5.39 Å². The first-order chi connectivity index (χ1) is 9.67. The number of hydrogen-bond acceptors (Lipinski definition) is 3. The van der Waals surface area contributed by atoms with Crippen molar-refractivity contribution in [3.63, 3.8) is 0 Å². The number of aromatic amines is 2. The first-order valence-corrected chi connectivity index (χ1v) is 7.30. The third-order valence-corrected chi connectivity index (χ3v) is 3.57. The first-order valence-electron chi connectivity index (χ1n) is 7.30. The number of hydrogen-bond donors (Lipinski definition) is 3. The summed E-state index contributed by atoms with van der Waals surface area (Å²) in [6.07, 6.45) is 3.09. The van der Waals surface area contributed by atoms with Crippen LogP contribution in [-0.2, 0) is 6.42 Å². The number of H-pyrrole nitrogens is 2. The van der Waals surface area contributed by atoms with Crippen LogP contribution in [0.3, 0.4) is 0 Å². The van der Waals surface area contributed by atoms with Crippen LogP contribution in [0.1, 0.15) is 32.3 Å². The largest absolute Gasteiger partial charge is 0.506 e. The second-order valence-electron chi connectivity index (χ2n) is 5.16. The number of phenols is 1. The molecule has 0 saturated heterocycles. The normalized spacial score (nSPS) is 11.6. The lowest BCUT2D eigenvalue weighted by Crippen LogP contribution is -2.28. The maximum atomic E-state index is 11.8. The van der Waals surface area contributed by atoms with E-state index < -0.39 is 0 Å². The summed E-state index contributed by atoms with van der Waals surface area (Å²) < 4.78 is 0. The Morgan fingerprint density at radius 2 is 1.80 bits per heavy atom. The van der Waals surface area contributed by atoms with Gasteiger partial charge in [0.25, 0.3) is 5.56 Å². The molecule has 0 atom stereocenters. The van der Waals surface area contributed by atoms with E-state index in [2.05, 4.69) is 28.9 Å². The van der Waals surface area contributed by atoms with Crippen molar-refractivity contribution in [2.75, 3.05) is 19.6 Å². The molecule has 110 valence electrons. The second-order valence-corrected chi connectivity index (χ2v) is 5.16. The van der Waals surface area contributed by atoms with E-state index in [1.54, 1.807) is 6.07 Å². The molecule has 1 aromatic heterocycles. The molecular weight excluding hydrogens is 254 g/mol. The van der Waals surface area contributed by atoms with Crippen LogP contribution < -0.4 is 5.56 Å². The lowest BCUT2D eigenvalue weighted by molar-refractivity contribution is 0.278. The monoisotopic (exact) mass is 277 g/mol. The Kier molecular flexibility index (Phi) is 4.84. The van der Waals surface area contributed by atoms with Gasteiger partial charge in [-0.3, -0.25) is 15.0 Å². The minimum Gasteiger partial charge on any atom is -0.506 e. The second kappa shape index (κ2) is 6.61. The standard InChI is InChI=1S/C15H23N3O2/c1-3-8-18(9-4-2)10-7-11-5-6-12(19)14-13(11)15(20)17-16-14/h5-6,19H,3-4,7-10H2,1-2H3,(H2,16,17,20). The molecule has 3 N–H and O–H groups in total. The fourth-order valence-corrected chi connectivity index (χ4v) is 2.66. The summed E-state index contributed by atoms with van der Waals surface area (Å²) in [5.41, 5.74) is 1.32. The number of rotatable bonds is 7. The van der Waals surface area contributed by atoms with E-state index in [-0.39, 0.29) is 11.3 Å². The smallest absolute Gasteiger partial charge is 0.272 e. The highest BCUT2D eigenvalue weighted by Gasteiger charge is 2.12. The molecular formula is C15H23N3O2. The Bertz CT molecular complexity index is 609. The molecule has 1 heterocycles. The third kappa shape index (κ3) is 3.04. The summed E-state index contributed by atoms with van der Waals surface area (Å²) >= 11 is 0. The Labute approximate surface area is 118 Å². The van der Waals surface area contributed by atoms with Crippen LogP contribution in [0.4, 0.5) is 0 Å². The molecule has 0 aliphatic heterocycles. The average Bonchev–Trinajstić information content (AvgIpc) is 2.82. The molecule has 0 aliphatic rings. The van der Waals surface area contributed by atoms with Crippen LogP contribution in [0, 0.1) is 0 Å². The zero-order valence-corrected chi connectivity index (χ0v) is 12.2. The maximum Gasteiger partial charge on any atom is 0.272 e. The summed E-state index contributed by atoms with van der Waals surface area (Å²) in [4.78, 5) is 14.3. The van der Waals surface area contributed by atoms with Gasteiger partial charge < -0.3 is 10.0 Å². The molecule has 2 rings (SSSR count). The molecule has 20 heavy (non-hydrogen) atoms. The van der Waals surface area contributed by atoms with Crippen molar-refractivity contribution < 1.29 is 5.11 Å². The molecule has 2 aromatic rings. The zero-order valence-electron chi connectivity index (χ0n) is 12.2. The predicted molar refractivity (Wildman–Crippen MR) is 81.3 cm³/mol. The number of benzene rings is 1. The highest BCUT2D eigenvalue weighted by Crippen LogP contribution is 2.23. The highest BCUT2D eigenvalue weighted by atomic mass is 16.3. The van der Waals surface area contributed by atoms with E-state index in [1.165, 1.54) is 0 Å². The van der Waals surface area contributed by atoms with Crippen LogP contribution in [-0.4, -0.2) is 39.8 Å². The van der Waals surface area contributed by atoms with Crippen molar-refractivity contribution in [1.29, 1.82) is 0 Å². The molecule has 1 aromatic carbocycles. The molecule has 0 bridgehead atoms. The van der Waals surface area contributed by atoms with E-state index in [0.29, 0.717) is 10.9 Å². The highest BCUT2D eigenvalue weighted by molar-refractivity contribution is 5.86. The summed E-state index contributed by atoms with van der Waals surface area (Å²) in [5, 5.41) is 15.6. The summed E-state index contributed by atoms with van der Waals surface area (Å²) in [5.74, 6) is 0.112. The molecule has 0 saturated carbocycles. The number of nitrogens with zero attached hydrogens (tertiary/aromatic N) is 1. The van der Waals surface area contributed by atoms with Gasteiger partial charge in [-0.25, -0.2) is 0 Å². The van der Waals surface area contributed by atoms with Gasteiger partial charge in [0.2, 0.25) is 0 Å². The van der Waals surface area contributed by atoms with Crippen molar-refractivity contribution >= 4 is 10.9 Å². The number of nitrogens with one attached hydrogen (secondary N) is 2. The van der Waals surface area contributed by atoms with Gasteiger partial charge in [-0.15, -0.1) is 0 Å². The van der Waals surface area contributed by atoms with Crippen molar-refractivity contribution in [2.24, 2.45) is 0 Å². The lowest BCUT2D eigenvalue weighted by atomic mass is 10.1. The quantitative estimate of drug-likeness (QED) is 0.726. The molecule has 0 fully saturated rings. The minimum absolute atomic E-state index is 0.112. The van der Waals surface area contributed by atoms with Crippen molar-refractivity contribution in [3.05, 3.63) is 28.0 Å². The fourth-order valence-electron chi connectivity index (χ4n) is 2.66. The number of phenolic OH excluding ortho intramolecular Hbond substituents is 1. The Morgan fingerprint density at radius 1 is 1.10 bits per heavy atom. The van der Waals surface area contributed by atoms with Crippen molar-refractivity contribution in [1.82, 2.24) is 15.1 Å². The maximum absolute atomic E-state index is 11.8. The Hall–Kier alpha value is -1.75. The van der Waals surface area contributed by atoms with Gasteiger partial charge in [-0.1, -0.05) is 19.9 Å². The summed E-state index contributed by atoms with van der Waals surface area (Å²) in [7, 11) is 0. The molecule has 0 amide bonds. The zero-order chi connectivity index (χ0) is 14.5. The molecule has 0 spiro atoms. The van der Waals surface area contributed by atoms with Gasteiger partial charge in [0.1, 0.15) is 11.3 Å². The van der Waals surface area contributed by atoms with E-state index >= 15 is 0 Å². The molecule has 5 nitrogen and oxygen atoms in total. The SMILES string of the molecule is CCCN(CCC)CCc1ccc(O)c2[nH][nH]c(=O)c12. The van der Waals surface area contributed by atoms with Gasteiger partial charge >= 0.3 is 0 Å². The molecule has 0 radical (unpaired) electrons.